The van der Waals surface area contributed by atoms with Crippen LogP contribution >= 0.6 is 0 Å². The fraction of sp³-hybridized carbons (Fsp3) is 0.286. The highest BCUT2D eigenvalue weighted by Gasteiger charge is 2.10. The van der Waals surface area contributed by atoms with Crippen molar-refractivity contribution in [2.24, 2.45) is 0 Å². The number of nitrogens with one attached hydrogen (secondary N) is 1. The average Bonchev–Trinajstić information content (AvgIpc) is 2.62. The Morgan fingerprint density at radius 2 is 1.73 bits per heavy atom. The summed E-state index contributed by atoms with van der Waals surface area (Å²) in [6, 6.07) is 12.8. The second-order valence-electron chi connectivity index (χ2n) is 4.30. The normalized spacial score (nSPS) is 10.9. The van der Waals surface area contributed by atoms with Crippen LogP contribution in [0, 0.1) is 6.92 Å². The quantitative estimate of drug-likeness (QED) is 0.749. The molecule has 0 saturated carbocycles. The van der Waals surface area contributed by atoms with Gasteiger partial charge in [0.2, 0.25) is 0 Å². The van der Waals surface area contributed by atoms with Crippen LogP contribution in [0.3, 0.4) is 0 Å². The van der Waals surface area contributed by atoms with Gasteiger partial charge in [-0.1, -0.05) is 44.2 Å². The highest BCUT2D eigenvalue weighted by atomic mass is 14.7. The Kier molecular flexibility index (Phi) is 2.63. The lowest BCUT2D eigenvalue weighted by atomic mass is 9.99. The average molecular weight is 199 g/mol. The van der Waals surface area contributed by atoms with Gasteiger partial charge in [0.25, 0.3) is 0 Å². The SMILES string of the molecule is Cc1cc(C(C)C)c(-c2ccccc2)[nH]1. The maximum Gasteiger partial charge on any atom is 0.0491 e. The van der Waals surface area contributed by atoms with E-state index in [0.29, 0.717) is 5.92 Å². The fourth-order valence-electron chi connectivity index (χ4n) is 1.91. The molecule has 0 radical (unpaired) electrons. The van der Waals surface area contributed by atoms with E-state index in [1.807, 2.05) is 6.07 Å². The first-order chi connectivity index (χ1) is 7.18. The van der Waals surface area contributed by atoms with Crippen LogP contribution in [-0.4, -0.2) is 4.98 Å². The predicted molar refractivity (Wildman–Crippen MR) is 65.1 cm³/mol. The van der Waals surface area contributed by atoms with Crippen LogP contribution in [0.15, 0.2) is 36.4 Å². The summed E-state index contributed by atoms with van der Waals surface area (Å²) in [5, 5.41) is 0. The summed E-state index contributed by atoms with van der Waals surface area (Å²) >= 11 is 0. The number of aromatic nitrogens is 1. The first-order valence-electron chi connectivity index (χ1n) is 5.43. The Balaban J connectivity index is 2.53. The molecule has 1 N–H and O–H groups in total. The summed E-state index contributed by atoms with van der Waals surface area (Å²) in [4.78, 5) is 3.44. The van der Waals surface area contributed by atoms with E-state index in [-0.39, 0.29) is 0 Å². The van der Waals surface area contributed by atoms with Gasteiger partial charge in [0.1, 0.15) is 0 Å². The van der Waals surface area contributed by atoms with Crippen molar-refractivity contribution in [3.05, 3.63) is 47.7 Å². The fourth-order valence-corrected chi connectivity index (χ4v) is 1.91. The van der Waals surface area contributed by atoms with Gasteiger partial charge < -0.3 is 4.98 Å². The molecule has 0 aliphatic rings. The maximum atomic E-state index is 3.44. The van der Waals surface area contributed by atoms with Gasteiger partial charge in [0.15, 0.2) is 0 Å². The van der Waals surface area contributed by atoms with Gasteiger partial charge in [-0.3, -0.25) is 0 Å². The molecule has 1 aromatic heterocycles. The van der Waals surface area contributed by atoms with Crippen LogP contribution in [0.4, 0.5) is 0 Å². The molecule has 0 atom stereocenters. The Morgan fingerprint density at radius 3 is 2.33 bits per heavy atom. The van der Waals surface area contributed by atoms with Crippen molar-refractivity contribution in [3.63, 3.8) is 0 Å². The van der Waals surface area contributed by atoms with Gasteiger partial charge in [-0.2, -0.15) is 0 Å². The van der Waals surface area contributed by atoms with E-state index in [4.69, 9.17) is 0 Å². The molecule has 1 heteroatoms. The third-order valence-corrected chi connectivity index (χ3v) is 2.67. The van der Waals surface area contributed by atoms with Crippen LogP contribution in [-0.2, 0) is 0 Å². The van der Waals surface area contributed by atoms with E-state index in [9.17, 15) is 0 Å². The maximum absolute atomic E-state index is 3.44. The summed E-state index contributed by atoms with van der Waals surface area (Å²) in [5.41, 5.74) is 5.17. The smallest absolute Gasteiger partial charge is 0.0491 e. The van der Waals surface area contributed by atoms with E-state index < -0.39 is 0 Å². The second-order valence-corrected chi connectivity index (χ2v) is 4.30. The Labute approximate surface area is 91.2 Å². The number of hydrogen-bond donors (Lipinski definition) is 1. The van der Waals surface area contributed by atoms with E-state index in [1.54, 1.807) is 0 Å². The topological polar surface area (TPSA) is 15.8 Å². The largest absolute Gasteiger partial charge is 0.358 e. The summed E-state index contributed by atoms with van der Waals surface area (Å²) in [7, 11) is 0. The Bertz CT molecular complexity index is 438. The molecule has 0 bridgehead atoms. The molecule has 0 fully saturated rings. The zero-order valence-corrected chi connectivity index (χ0v) is 9.54. The number of aromatic amines is 1. The number of H-pyrrole nitrogens is 1. The van der Waals surface area contributed by atoms with Crippen molar-refractivity contribution in [2.75, 3.05) is 0 Å². The highest BCUT2D eigenvalue weighted by molar-refractivity contribution is 5.64. The molecule has 2 rings (SSSR count). The van der Waals surface area contributed by atoms with Gasteiger partial charge in [-0.15, -0.1) is 0 Å². The van der Waals surface area contributed by atoms with Gasteiger partial charge >= 0.3 is 0 Å². The van der Waals surface area contributed by atoms with E-state index in [0.717, 1.165) is 0 Å². The lowest BCUT2D eigenvalue weighted by Crippen LogP contribution is -1.88. The van der Waals surface area contributed by atoms with Crippen LogP contribution in [0.5, 0.6) is 0 Å². The third-order valence-electron chi connectivity index (χ3n) is 2.67. The minimum atomic E-state index is 0.560. The molecule has 1 aromatic carbocycles. The molecule has 0 spiro atoms. The zero-order valence-electron chi connectivity index (χ0n) is 9.54. The molecule has 2 aromatic rings. The minimum absolute atomic E-state index is 0.560. The lowest BCUT2D eigenvalue weighted by Gasteiger charge is -2.06. The predicted octanol–water partition coefficient (Wildman–Crippen LogP) is 4.11. The number of hydrogen-bond acceptors (Lipinski definition) is 0. The van der Waals surface area contributed by atoms with E-state index >= 15 is 0 Å². The summed E-state index contributed by atoms with van der Waals surface area (Å²) in [6.07, 6.45) is 0. The molecular weight excluding hydrogens is 182 g/mol. The summed E-state index contributed by atoms with van der Waals surface area (Å²) in [5.74, 6) is 0.560. The van der Waals surface area contributed by atoms with E-state index in [2.05, 4.69) is 56.1 Å². The highest BCUT2D eigenvalue weighted by Crippen LogP contribution is 2.29. The molecule has 0 unspecified atom stereocenters. The van der Waals surface area contributed by atoms with Gasteiger partial charge in [-0.05, 0) is 30.0 Å². The summed E-state index contributed by atoms with van der Waals surface area (Å²) < 4.78 is 0. The molecule has 0 amide bonds. The molecule has 0 aliphatic carbocycles. The molecular formula is C14H17N. The third kappa shape index (κ3) is 1.96. The first-order valence-corrected chi connectivity index (χ1v) is 5.43. The molecule has 1 nitrogen and oxygen atoms in total. The van der Waals surface area contributed by atoms with Crippen molar-refractivity contribution < 1.29 is 0 Å². The molecule has 1 heterocycles. The minimum Gasteiger partial charge on any atom is -0.358 e. The van der Waals surface area contributed by atoms with E-state index in [1.165, 1.54) is 22.5 Å². The second kappa shape index (κ2) is 3.93. The molecule has 0 saturated heterocycles. The standard InChI is InChI=1S/C14H17N/c1-10(2)13-9-11(3)15-14(13)12-7-5-4-6-8-12/h4-10,15H,1-3H3. The molecule has 15 heavy (non-hydrogen) atoms. The number of aryl methyl sites for hydroxylation is 1. The Hall–Kier alpha value is -1.50. The van der Waals surface area contributed by atoms with Crippen LogP contribution < -0.4 is 0 Å². The van der Waals surface area contributed by atoms with Crippen molar-refractivity contribution >= 4 is 0 Å². The van der Waals surface area contributed by atoms with Crippen LogP contribution in [0.1, 0.15) is 31.0 Å². The number of rotatable bonds is 2. The van der Waals surface area contributed by atoms with Gasteiger partial charge in [0.05, 0.1) is 0 Å². The summed E-state index contributed by atoms with van der Waals surface area (Å²) in [6.45, 7) is 6.57. The molecule has 78 valence electrons. The lowest BCUT2D eigenvalue weighted by molar-refractivity contribution is 0.871. The molecule has 0 aliphatic heterocycles. The van der Waals surface area contributed by atoms with Crippen LogP contribution in [0.2, 0.25) is 0 Å². The van der Waals surface area contributed by atoms with Crippen molar-refractivity contribution in [2.45, 2.75) is 26.7 Å². The van der Waals surface area contributed by atoms with Crippen molar-refractivity contribution in [3.8, 4) is 11.3 Å². The van der Waals surface area contributed by atoms with Crippen molar-refractivity contribution in [1.82, 2.24) is 4.98 Å². The monoisotopic (exact) mass is 199 g/mol. The first kappa shape index (κ1) is 10.0. The zero-order chi connectivity index (χ0) is 10.8. The van der Waals surface area contributed by atoms with Gasteiger partial charge in [-0.25, -0.2) is 0 Å². The van der Waals surface area contributed by atoms with Gasteiger partial charge in [0, 0.05) is 11.4 Å². The van der Waals surface area contributed by atoms with Crippen LogP contribution in [0.25, 0.3) is 11.3 Å². The number of benzene rings is 1. The Morgan fingerprint density at radius 1 is 1.07 bits per heavy atom. The van der Waals surface area contributed by atoms with Crippen molar-refractivity contribution in [1.29, 1.82) is 0 Å².